The largest absolute Gasteiger partial charge is 0.481 e. The van der Waals surface area contributed by atoms with Crippen molar-refractivity contribution in [3.8, 4) is 11.5 Å². The predicted octanol–water partition coefficient (Wildman–Crippen LogP) is 4.08. The van der Waals surface area contributed by atoms with Gasteiger partial charge in [-0.3, -0.25) is 14.5 Å². The number of nitrogens with zero attached hydrogens (tertiary/aromatic N) is 2. The van der Waals surface area contributed by atoms with E-state index in [1.165, 1.54) is 0 Å². The van der Waals surface area contributed by atoms with Crippen LogP contribution in [0.15, 0.2) is 18.2 Å². The van der Waals surface area contributed by atoms with Gasteiger partial charge in [-0.25, -0.2) is 0 Å². The Labute approximate surface area is 216 Å². The van der Waals surface area contributed by atoms with E-state index in [0.717, 1.165) is 44.1 Å². The summed E-state index contributed by atoms with van der Waals surface area (Å²) >= 11 is 0. The molecule has 0 aromatic heterocycles. The summed E-state index contributed by atoms with van der Waals surface area (Å²) in [6.07, 6.45) is 5.49. The molecule has 2 aliphatic heterocycles. The Morgan fingerprint density at radius 2 is 1.86 bits per heavy atom. The molecule has 1 aromatic rings. The van der Waals surface area contributed by atoms with Crippen LogP contribution in [-0.2, 0) is 9.59 Å². The number of benzene rings is 1. The van der Waals surface area contributed by atoms with Gasteiger partial charge in [0, 0.05) is 31.6 Å². The first-order chi connectivity index (χ1) is 17.2. The van der Waals surface area contributed by atoms with Crippen molar-refractivity contribution in [3.63, 3.8) is 0 Å². The highest BCUT2D eigenvalue weighted by Crippen LogP contribution is 2.45. The smallest absolute Gasteiger partial charge is 0.308 e. The van der Waals surface area contributed by atoms with Gasteiger partial charge in [0.25, 0.3) is 0 Å². The van der Waals surface area contributed by atoms with E-state index in [2.05, 4.69) is 32.6 Å². The molecule has 0 aliphatic carbocycles. The molecule has 3 rings (SSSR count). The van der Waals surface area contributed by atoms with E-state index >= 15 is 0 Å². The molecule has 2 aliphatic rings. The molecule has 0 spiro atoms. The Balaban J connectivity index is 1.90. The van der Waals surface area contributed by atoms with Gasteiger partial charge < -0.3 is 25.2 Å². The van der Waals surface area contributed by atoms with E-state index in [1.807, 2.05) is 23.1 Å². The predicted molar refractivity (Wildman–Crippen MR) is 140 cm³/mol. The molecular formula is C28H45N3O5. The van der Waals surface area contributed by atoms with Crippen LogP contribution in [0.1, 0.15) is 77.7 Å². The second kappa shape index (κ2) is 12.8. The minimum Gasteiger partial charge on any atom is -0.481 e. The van der Waals surface area contributed by atoms with E-state index in [0.29, 0.717) is 37.7 Å². The lowest BCUT2D eigenvalue weighted by atomic mass is 9.76. The van der Waals surface area contributed by atoms with Crippen molar-refractivity contribution in [2.45, 2.75) is 78.2 Å². The molecule has 8 heteroatoms. The van der Waals surface area contributed by atoms with Crippen LogP contribution in [0, 0.1) is 11.3 Å². The molecule has 1 aromatic carbocycles. The Morgan fingerprint density at radius 1 is 1.14 bits per heavy atom. The Morgan fingerprint density at radius 3 is 2.53 bits per heavy atom. The summed E-state index contributed by atoms with van der Waals surface area (Å²) in [4.78, 5) is 30.3. The highest BCUT2D eigenvalue weighted by atomic mass is 16.7. The number of carboxylic acids is 1. The summed E-state index contributed by atoms with van der Waals surface area (Å²) in [6, 6.07) is 5.49. The third-order valence-electron chi connectivity index (χ3n) is 7.65. The Bertz CT molecular complexity index is 882. The van der Waals surface area contributed by atoms with E-state index in [1.54, 1.807) is 0 Å². The molecule has 3 N–H and O–H groups in total. The molecule has 2 heterocycles. The molecule has 1 fully saturated rings. The average Bonchev–Trinajstić information content (AvgIpc) is 3.43. The zero-order chi connectivity index (χ0) is 26.3. The van der Waals surface area contributed by atoms with Crippen LogP contribution in [0.4, 0.5) is 0 Å². The first kappa shape index (κ1) is 28.3. The molecular weight excluding hydrogens is 458 g/mol. The zero-order valence-corrected chi connectivity index (χ0v) is 22.5. The molecule has 202 valence electrons. The summed E-state index contributed by atoms with van der Waals surface area (Å²) in [5.41, 5.74) is 6.62. The fraction of sp³-hybridized carbons (Fsp3) is 0.714. The Hall–Kier alpha value is -2.32. The molecule has 0 unspecified atom stereocenters. The number of amides is 1. The number of fused-ring (bicyclic) bond motifs is 1. The van der Waals surface area contributed by atoms with Gasteiger partial charge in [0.1, 0.15) is 0 Å². The van der Waals surface area contributed by atoms with Crippen LogP contribution in [0.5, 0.6) is 11.5 Å². The summed E-state index contributed by atoms with van der Waals surface area (Å²) in [5, 5.41) is 10.4. The van der Waals surface area contributed by atoms with Crippen molar-refractivity contribution >= 4 is 11.9 Å². The van der Waals surface area contributed by atoms with E-state index in [-0.39, 0.29) is 36.6 Å². The minimum absolute atomic E-state index is 0.0281. The van der Waals surface area contributed by atoms with Gasteiger partial charge >= 0.3 is 5.97 Å². The van der Waals surface area contributed by atoms with Gasteiger partial charge in [0.15, 0.2) is 11.5 Å². The van der Waals surface area contributed by atoms with Gasteiger partial charge in [-0.2, -0.15) is 0 Å². The second-order valence-electron chi connectivity index (χ2n) is 11.1. The van der Waals surface area contributed by atoms with Crippen LogP contribution in [0.2, 0.25) is 0 Å². The lowest BCUT2D eigenvalue weighted by Crippen LogP contribution is -2.46. The Kier molecular flexibility index (Phi) is 10.0. The number of hydrogen-bond donors (Lipinski definition) is 2. The number of nitrogens with two attached hydrogens (primary N) is 1. The number of likely N-dealkylation sites (tertiary alicyclic amines) is 1. The number of rotatable bonds is 14. The van der Waals surface area contributed by atoms with Crippen molar-refractivity contribution < 1.29 is 24.2 Å². The molecule has 3 atom stereocenters. The van der Waals surface area contributed by atoms with Crippen LogP contribution in [0.3, 0.4) is 0 Å². The van der Waals surface area contributed by atoms with Gasteiger partial charge in [-0.05, 0) is 55.3 Å². The fourth-order valence-corrected chi connectivity index (χ4v) is 5.84. The monoisotopic (exact) mass is 503 g/mol. The zero-order valence-electron chi connectivity index (χ0n) is 22.5. The topological polar surface area (TPSA) is 105 Å². The van der Waals surface area contributed by atoms with Crippen LogP contribution in [0.25, 0.3) is 0 Å². The molecule has 0 bridgehead atoms. The van der Waals surface area contributed by atoms with Crippen molar-refractivity contribution in [2.24, 2.45) is 17.1 Å². The van der Waals surface area contributed by atoms with Gasteiger partial charge in [-0.15, -0.1) is 0 Å². The first-order valence-corrected chi connectivity index (χ1v) is 13.5. The van der Waals surface area contributed by atoms with Crippen LogP contribution >= 0.6 is 0 Å². The number of ether oxygens (including phenoxy) is 2. The highest BCUT2D eigenvalue weighted by molar-refractivity contribution is 5.79. The maximum Gasteiger partial charge on any atom is 0.308 e. The molecule has 0 radical (unpaired) electrons. The summed E-state index contributed by atoms with van der Waals surface area (Å²) in [5.74, 6) is -0.256. The van der Waals surface area contributed by atoms with Crippen LogP contribution in [-0.4, -0.2) is 72.3 Å². The minimum atomic E-state index is -0.809. The van der Waals surface area contributed by atoms with Crippen molar-refractivity contribution in [2.75, 3.05) is 39.5 Å². The summed E-state index contributed by atoms with van der Waals surface area (Å²) in [6.45, 7) is 11.5. The lowest BCUT2D eigenvalue weighted by molar-refractivity contribution is -0.144. The standard InChI is InChI=1S/C28H45N3O5/c1-5-7-13-30(14-8-12-29)25(32)18-31-17-21(20-9-10-23-24(15-20)36-19-35-23)26(27(33)34)22(31)16-28(3,4)11-6-2/h9-10,15,21-22,26H,5-8,11-14,16-19,29H2,1-4H3,(H,33,34)/t21-,22+,26-/m1/s1. The molecule has 8 nitrogen and oxygen atoms in total. The quantitative estimate of drug-likeness (QED) is 0.394. The molecule has 1 amide bonds. The number of unbranched alkanes of at least 4 members (excludes halogenated alkanes) is 1. The third kappa shape index (κ3) is 6.91. The normalized spacial score (nSPS) is 21.6. The highest BCUT2D eigenvalue weighted by Gasteiger charge is 2.48. The van der Waals surface area contributed by atoms with E-state index in [9.17, 15) is 14.7 Å². The number of carbonyl (C=O) groups excluding carboxylic acids is 1. The maximum atomic E-state index is 13.5. The van der Waals surface area contributed by atoms with Crippen molar-refractivity contribution in [1.29, 1.82) is 0 Å². The number of carboxylic acid groups (broad SMARTS) is 1. The summed E-state index contributed by atoms with van der Waals surface area (Å²) in [7, 11) is 0. The molecule has 36 heavy (non-hydrogen) atoms. The van der Waals surface area contributed by atoms with E-state index in [4.69, 9.17) is 15.2 Å². The maximum absolute atomic E-state index is 13.5. The third-order valence-corrected chi connectivity index (χ3v) is 7.65. The second-order valence-corrected chi connectivity index (χ2v) is 11.1. The summed E-state index contributed by atoms with van der Waals surface area (Å²) < 4.78 is 11.0. The molecule has 0 saturated carbocycles. The number of hydrogen-bond acceptors (Lipinski definition) is 6. The van der Waals surface area contributed by atoms with Gasteiger partial charge in [0.05, 0.1) is 12.5 Å². The fourth-order valence-electron chi connectivity index (χ4n) is 5.84. The first-order valence-electron chi connectivity index (χ1n) is 13.5. The average molecular weight is 504 g/mol. The van der Waals surface area contributed by atoms with Gasteiger partial charge in [-0.1, -0.05) is 46.6 Å². The lowest BCUT2D eigenvalue weighted by Gasteiger charge is -2.35. The number of carbonyl (C=O) groups is 2. The number of aliphatic carboxylic acids is 1. The van der Waals surface area contributed by atoms with Crippen molar-refractivity contribution in [1.82, 2.24) is 9.80 Å². The van der Waals surface area contributed by atoms with Crippen molar-refractivity contribution in [3.05, 3.63) is 23.8 Å². The molecule has 1 saturated heterocycles. The van der Waals surface area contributed by atoms with E-state index < -0.39 is 11.9 Å². The van der Waals surface area contributed by atoms with Gasteiger partial charge in [0.2, 0.25) is 12.7 Å². The SMILES string of the molecule is CCCCN(CCCN)C(=O)CN1C[C@H](c2ccc3c(c2)OCO3)[C@@H](C(=O)O)[C@@H]1CC(C)(C)CCC. The van der Waals surface area contributed by atoms with Crippen LogP contribution < -0.4 is 15.2 Å².